The molecular formula is C12H11ClN2O6. The van der Waals surface area contributed by atoms with Crippen molar-refractivity contribution in [1.82, 2.24) is 5.32 Å². The van der Waals surface area contributed by atoms with E-state index in [4.69, 9.17) is 31.9 Å². The number of rotatable bonds is 5. The van der Waals surface area contributed by atoms with Crippen LogP contribution in [0, 0.1) is 0 Å². The lowest BCUT2D eigenvalue weighted by Gasteiger charge is -2.13. The molecule has 4 N–H and O–H groups in total. The molecule has 0 saturated heterocycles. The molecule has 0 bridgehead atoms. The topological polar surface area (TPSA) is 128 Å². The number of hydrogen-bond acceptors (Lipinski definition) is 5. The molecule has 0 fully saturated rings. The van der Waals surface area contributed by atoms with Crippen molar-refractivity contribution in [2.45, 2.75) is 12.5 Å². The Bertz CT molecular complexity index is 618. The standard InChI is InChI=1S/C12H11ClN2O6/c13-6-1-5(2-8-10(6)21-4-20-8)11(17)15-7(12(18)19)3-9(14)16/h1-2,7H,3-4H2,(H2,14,16)(H,15,17)(H,18,19). The summed E-state index contributed by atoms with van der Waals surface area (Å²) in [7, 11) is 0. The van der Waals surface area contributed by atoms with Gasteiger partial charge in [0, 0.05) is 5.56 Å². The van der Waals surface area contributed by atoms with E-state index in [0.29, 0.717) is 5.75 Å². The van der Waals surface area contributed by atoms with Crippen LogP contribution < -0.4 is 20.5 Å². The fourth-order valence-corrected chi connectivity index (χ4v) is 2.01. The van der Waals surface area contributed by atoms with Crippen LogP contribution in [0.4, 0.5) is 0 Å². The van der Waals surface area contributed by atoms with Crippen molar-refractivity contribution in [3.8, 4) is 11.5 Å². The largest absolute Gasteiger partial charge is 0.480 e. The van der Waals surface area contributed by atoms with E-state index in [-0.39, 0.29) is 23.1 Å². The summed E-state index contributed by atoms with van der Waals surface area (Å²) in [5.74, 6) is -2.32. The summed E-state index contributed by atoms with van der Waals surface area (Å²) in [5, 5.41) is 11.3. The number of carboxylic acid groups (broad SMARTS) is 1. The highest BCUT2D eigenvalue weighted by Crippen LogP contribution is 2.39. The Labute approximate surface area is 123 Å². The van der Waals surface area contributed by atoms with Gasteiger partial charge in [0.1, 0.15) is 6.04 Å². The number of carboxylic acids is 1. The number of fused-ring (bicyclic) bond motifs is 1. The van der Waals surface area contributed by atoms with Gasteiger partial charge in [-0.1, -0.05) is 11.6 Å². The molecular weight excluding hydrogens is 304 g/mol. The molecule has 1 aromatic rings. The Balaban J connectivity index is 2.18. The van der Waals surface area contributed by atoms with E-state index in [0.717, 1.165) is 0 Å². The number of ether oxygens (including phenoxy) is 2. The van der Waals surface area contributed by atoms with Crippen molar-refractivity contribution in [3.05, 3.63) is 22.7 Å². The molecule has 2 amide bonds. The highest BCUT2D eigenvalue weighted by molar-refractivity contribution is 6.32. The maximum atomic E-state index is 12.0. The summed E-state index contributed by atoms with van der Waals surface area (Å²) in [6, 6.07) is 1.26. The molecule has 1 aromatic carbocycles. The quantitative estimate of drug-likeness (QED) is 0.708. The predicted molar refractivity (Wildman–Crippen MR) is 70.3 cm³/mol. The Morgan fingerprint density at radius 3 is 2.71 bits per heavy atom. The summed E-state index contributed by atoms with van der Waals surface area (Å²) in [6.07, 6.45) is -0.515. The van der Waals surface area contributed by atoms with Gasteiger partial charge in [-0.15, -0.1) is 0 Å². The molecule has 0 aliphatic carbocycles. The van der Waals surface area contributed by atoms with E-state index >= 15 is 0 Å². The third kappa shape index (κ3) is 3.34. The highest BCUT2D eigenvalue weighted by Gasteiger charge is 2.25. The molecule has 0 radical (unpaired) electrons. The number of primary amides is 1. The van der Waals surface area contributed by atoms with Gasteiger partial charge < -0.3 is 25.6 Å². The van der Waals surface area contributed by atoms with Crippen LogP contribution in [0.3, 0.4) is 0 Å². The summed E-state index contributed by atoms with van der Waals surface area (Å²) < 4.78 is 10.2. The van der Waals surface area contributed by atoms with E-state index in [2.05, 4.69) is 5.32 Å². The van der Waals surface area contributed by atoms with Gasteiger partial charge in [-0.3, -0.25) is 9.59 Å². The molecule has 1 aliphatic rings. The fourth-order valence-electron chi connectivity index (χ4n) is 1.74. The minimum atomic E-state index is -1.42. The zero-order valence-corrected chi connectivity index (χ0v) is 11.3. The van der Waals surface area contributed by atoms with E-state index in [1.54, 1.807) is 0 Å². The molecule has 9 heteroatoms. The van der Waals surface area contributed by atoms with Crippen molar-refractivity contribution in [2.24, 2.45) is 5.73 Å². The summed E-state index contributed by atoms with van der Waals surface area (Å²) in [5.41, 5.74) is 5.02. The average molecular weight is 315 g/mol. The SMILES string of the molecule is NC(=O)CC(NC(=O)c1cc(Cl)c2c(c1)OCO2)C(=O)O. The first-order chi connectivity index (χ1) is 9.88. The molecule has 2 rings (SSSR count). The number of nitrogens with two attached hydrogens (primary N) is 1. The molecule has 0 saturated carbocycles. The Hall–Kier alpha value is -2.48. The first-order valence-corrected chi connectivity index (χ1v) is 6.17. The van der Waals surface area contributed by atoms with Gasteiger partial charge in [0.25, 0.3) is 5.91 Å². The number of carbonyl (C=O) groups excluding carboxylic acids is 2. The van der Waals surface area contributed by atoms with Gasteiger partial charge in [0.2, 0.25) is 12.7 Å². The third-order valence-electron chi connectivity index (χ3n) is 2.70. The average Bonchev–Trinajstić information content (AvgIpc) is 2.85. The minimum absolute atomic E-state index is 0.0143. The number of nitrogens with one attached hydrogen (secondary N) is 1. The van der Waals surface area contributed by atoms with Gasteiger partial charge in [0.15, 0.2) is 11.5 Å². The molecule has 1 atom stereocenters. The predicted octanol–water partition coefficient (Wildman–Crippen LogP) is 0.127. The number of amides is 2. The number of halogens is 1. The van der Waals surface area contributed by atoms with Crippen molar-refractivity contribution < 1.29 is 29.0 Å². The molecule has 8 nitrogen and oxygen atoms in total. The van der Waals surface area contributed by atoms with Crippen LogP contribution in [0.1, 0.15) is 16.8 Å². The second kappa shape index (κ2) is 5.88. The van der Waals surface area contributed by atoms with Gasteiger partial charge in [-0.2, -0.15) is 0 Å². The molecule has 1 aliphatic heterocycles. The zero-order valence-electron chi connectivity index (χ0n) is 10.6. The summed E-state index contributed by atoms with van der Waals surface area (Å²) >= 11 is 5.93. The number of benzene rings is 1. The van der Waals surface area contributed by atoms with E-state index < -0.39 is 30.2 Å². The number of aliphatic carboxylic acids is 1. The van der Waals surface area contributed by atoms with E-state index in [1.165, 1.54) is 12.1 Å². The Kier molecular flexibility index (Phi) is 4.18. The first-order valence-electron chi connectivity index (χ1n) is 5.79. The lowest BCUT2D eigenvalue weighted by Crippen LogP contribution is -2.43. The van der Waals surface area contributed by atoms with Crippen molar-refractivity contribution in [3.63, 3.8) is 0 Å². The minimum Gasteiger partial charge on any atom is -0.480 e. The van der Waals surface area contributed by atoms with Crippen LogP contribution in [-0.4, -0.2) is 35.7 Å². The van der Waals surface area contributed by atoms with Crippen molar-refractivity contribution >= 4 is 29.4 Å². The molecule has 0 spiro atoms. The second-order valence-electron chi connectivity index (χ2n) is 4.23. The summed E-state index contributed by atoms with van der Waals surface area (Å²) in [6.45, 7) is -0.0143. The van der Waals surface area contributed by atoms with E-state index in [9.17, 15) is 14.4 Å². The summed E-state index contributed by atoms with van der Waals surface area (Å²) in [4.78, 5) is 33.8. The monoisotopic (exact) mass is 314 g/mol. The van der Waals surface area contributed by atoms with Crippen LogP contribution in [0.25, 0.3) is 0 Å². The number of carbonyl (C=O) groups is 3. The van der Waals surface area contributed by atoms with Crippen LogP contribution >= 0.6 is 11.6 Å². The molecule has 1 unspecified atom stereocenters. The lowest BCUT2D eigenvalue weighted by molar-refractivity contribution is -0.140. The van der Waals surface area contributed by atoms with Crippen LogP contribution in [-0.2, 0) is 9.59 Å². The van der Waals surface area contributed by atoms with Crippen molar-refractivity contribution in [2.75, 3.05) is 6.79 Å². The van der Waals surface area contributed by atoms with Gasteiger partial charge >= 0.3 is 5.97 Å². The molecule has 1 heterocycles. The number of hydrogen-bond donors (Lipinski definition) is 3. The lowest BCUT2D eigenvalue weighted by atomic mass is 10.1. The van der Waals surface area contributed by atoms with Gasteiger partial charge in [-0.25, -0.2) is 4.79 Å². The third-order valence-corrected chi connectivity index (χ3v) is 2.98. The first kappa shape index (κ1) is 14.9. The zero-order chi connectivity index (χ0) is 15.6. The maximum Gasteiger partial charge on any atom is 0.326 e. The van der Waals surface area contributed by atoms with Crippen LogP contribution in [0.15, 0.2) is 12.1 Å². The normalized spacial score (nSPS) is 13.6. The Morgan fingerprint density at radius 2 is 2.10 bits per heavy atom. The maximum absolute atomic E-state index is 12.0. The van der Waals surface area contributed by atoms with E-state index in [1.807, 2.05) is 0 Å². The molecule has 21 heavy (non-hydrogen) atoms. The van der Waals surface area contributed by atoms with Crippen molar-refractivity contribution in [1.29, 1.82) is 0 Å². The smallest absolute Gasteiger partial charge is 0.326 e. The highest BCUT2D eigenvalue weighted by atomic mass is 35.5. The molecule has 0 aromatic heterocycles. The van der Waals surface area contributed by atoms with Gasteiger partial charge in [0.05, 0.1) is 11.4 Å². The van der Waals surface area contributed by atoms with Gasteiger partial charge in [-0.05, 0) is 12.1 Å². The van der Waals surface area contributed by atoms with Crippen LogP contribution in [0.5, 0.6) is 11.5 Å². The second-order valence-corrected chi connectivity index (χ2v) is 4.63. The Morgan fingerprint density at radius 1 is 1.38 bits per heavy atom. The fraction of sp³-hybridized carbons (Fsp3) is 0.250. The van der Waals surface area contributed by atoms with Crippen LogP contribution in [0.2, 0.25) is 5.02 Å². The molecule has 112 valence electrons.